The van der Waals surface area contributed by atoms with Crippen LogP contribution in [0.2, 0.25) is 0 Å². The van der Waals surface area contributed by atoms with Crippen LogP contribution >= 0.6 is 49.7 Å². The van der Waals surface area contributed by atoms with E-state index < -0.39 is 0 Å². The van der Waals surface area contributed by atoms with Crippen molar-refractivity contribution in [2.24, 2.45) is 0 Å². The quantitative estimate of drug-likeness (QED) is 0.524. The highest BCUT2D eigenvalue weighted by molar-refractivity contribution is 8.11. The SMILES string of the molecule is S=C(S)COCC(=S)S. The highest BCUT2D eigenvalue weighted by Crippen LogP contribution is 1.89. The summed E-state index contributed by atoms with van der Waals surface area (Å²) in [5.41, 5.74) is 0. The number of thiol groups is 2. The average molecular weight is 198 g/mol. The summed E-state index contributed by atoms with van der Waals surface area (Å²) in [6, 6.07) is 0. The van der Waals surface area contributed by atoms with E-state index in [9.17, 15) is 0 Å². The Morgan fingerprint density at radius 2 is 1.44 bits per heavy atom. The summed E-state index contributed by atoms with van der Waals surface area (Å²) >= 11 is 16.9. The average Bonchev–Trinajstić information content (AvgIpc) is 1.63. The lowest BCUT2D eigenvalue weighted by molar-refractivity contribution is 0.221. The van der Waals surface area contributed by atoms with E-state index in [4.69, 9.17) is 4.74 Å². The molecule has 0 spiro atoms. The van der Waals surface area contributed by atoms with Crippen molar-refractivity contribution in [2.75, 3.05) is 13.2 Å². The molecule has 0 radical (unpaired) electrons. The van der Waals surface area contributed by atoms with Crippen LogP contribution in [0.25, 0.3) is 0 Å². The lowest BCUT2D eigenvalue weighted by Crippen LogP contribution is -2.04. The Bertz CT molecular complexity index is 108. The van der Waals surface area contributed by atoms with Gasteiger partial charge in [-0.25, -0.2) is 0 Å². The highest BCUT2D eigenvalue weighted by atomic mass is 32.1. The number of hydrogen-bond donors (Lipinski definition) is 2. The van der Waals surface area contributed by atoms with Crippen molar-refractivity contribution in [1.29, 1.82) is 0 Å². The second-order valence-electron chi connectivity index (χ2n) is 1.28. The van der Waals surface area contributed by atoms with Gasteiger partial charge in [0, 0.05) is 0 Å². The molecule has 0 aliphatic heterocycles. The highest BCUT2D eigenvalue weighted by Gasteiger charge is 1.90. The van der Waals surface area contributed by atoms with Crippen LogP contribution in [0.15, 0.2) is 0 Å². The second-order valence-corrected chi connectivity index (χ2v) is 3.95. The van der Waals surface area contributed by atoms with E-state index in [2.05, 4.69) is 49.7 Å². The molecule has 0 aromatic carbocycles. The van der Waals surface area contributed by atoms with Crippen LogP contribution in [-0.4, -0.2) is 21.6 Å². The minimum atomic E-state index is 0.360. The zero-order valence-corrected chi connectivity index (χ0v) is 7.96. The molecule has 0 bridgehead atoms. The van der Waals surface area contributed by atoms with Crippen molar-refractivity contribution >= 4 is 58.1 Å². The summed E-state index contributed by atoms with van der Waals surface area (Å²) < 4.78 is 5.98. The van der Waals surface area contributed by atoms with Crippen LogP contribution in [0.3, 0.4) is 0 Å². The fourth-order valence-electron chi connectivity index (χ4n) is 0.226. The van der Waals surface area contributed by atoms with Gasteiger partial charge in [0.25, 0.3) is 0 Å². The molecule has 9 heavy (non-hydrogen) atoms. The van der Waals surface area contributed by atoms with Crippen LogP contribution in [0.5, 0.6) is 0 Å². The summed E-state index contributed by atoms with van der Waals surface area (Å²) in [4.78, 5) is 0. The molecule has 0 aromatic heterocycles. The molecule has 0 amide bonds. The van der Waals surface area contributed by atoms with E-state index in [1.165, 1.54) is 0 Å². The van der Waals surface area contributed by atoms with Crippen molar-refractivity contribution in [3.63, 3.8) is 0 Å². The normalized spacial score (nSPS) is 9.11. The molecular formula is C4H6OS4. The summed E-state index contributed by atoms with van der Waals surface area (Å²) in [5.74, 6) is 0. The van der Waals surface area contributed by atoms with Crippen molar-refractivity contribution in [3.05, 3.63) is 0 Å². The van der Waals surface area contributed by atoms with Crippen molar-refractivity contribution in [1.82, 2.24) is 0 Å². The molecule has 5 heteroatoms. The van der Waals surface area contributed by atoms with Gasteiger partial charge in [0.1, 0.15) is 0 Å². The molecule has 0 aromatic rings. The Balaban J connectivity index is 3.10. The molecule has 0 rings (SSSR count). The number of rotatable bonds is 4. The third kappa shape index (κ3) is 8.84. The van der Waals surface area contributed by atoms with E-state index in [0.717, 1.165) is 0 Å². The van der Waals surface area contributed by atoms with Gasteiger partial charge in [0.2, 0.25) is 0 Å². The Labute approximate surface area is 76.0 Å². The first-order valence-electron chi connectivity index (χ1n) is 2.14. The zero-order valence-electron chi connectivity index (χ0n) is 4.53. The second kappa shape index (κ2) is 5.61. The number of hydrogen-bond acceptors (Lipinski definition) is 3. The molecule has 0 heterocycles. The summed E-state index contributed by atoms with van der Waals surface area (Å²) in [6.07, 6.45) is 0. The van der Waals surface area contributed by atoms with Gasteiger partial charge in [0.15, 0.2) is 0 Å². The first kappa shape index (κ1) is 9.84. The third-order valence-corrected chi connectivity index (χ3v) is 0.945. The number of ether oxygens (including phenoxy) is 1. The molecule has 0 atom stereocenters. The van der Waals surface area contributed by atoms with Gasteiger partial charge in [-0.05, 0) is 0 Å². The molecule has 0 aliphatic carbocycles. The Kier molecular flexibility index (Phi) is 6.14. The molecule has 0 saturated heterocycles. The van der Waals surface area contributed by atoms with Gasteiger partial charge in [0.05, 0.1) is 21.6 Å². The lowest BCUT2D eigenvalue weighted by Gasteiger charge is -1.97. The van der Waals surface area contributed by atoms with Gasteiger partial charge in [-0.1, -0.05) is 24.4 Å². The van der Waals surface area contributed by atoms with Gasteiger partial charge < -0.3 is 4.74 Å². The smallest absolute Gasteiger partial charge is 0.0880 e. The first-order valence-corrected chi connectivity index (χ1v) is 3.85. The maximum Gasteiger partial charge on any atom is 0.0880 e. The van der Waals surface area contributed by atoms with Crippen molar-refractivity contribution in [2.45, 2.75) is 0 Å². The lowest BCUT2D eigenvalue weighted by atomic mass is 10.8. The molecule has 0 fully saturated rings. The molecular weight excluding hydrogens is 192 g/mol. The van der Waals surface area contributed by atoms with Crippen LogP contribution in [0.4, 0.5) is 0 Å². The van der Waals surface area contributed by atoms with Gasteiger partial charge in [-0.3, -0.25) is 0 Å². The molecule has 0 aliphatic rings. The Morgan fingerprint density at radius 1 is 1.11 bits per heavy atom. The molecule has 1 nitrogen and oxygen atoms in total. The number of thiocarbonyl (C=S) groups is 2. The van der Waals surface area contributed by atoms with Gasteiger partial charge in [-0.2, -0.15) is 0 Å². The van der Waals surface area contributed by atoms with Gasteiger partial charge in [-0.15, -0.1) is 25.3 Å². The van der Waals surface area contributed by atoms with E-state index in [0.29, 0.717) is 21.6 Å². The van der Waals surface area contributed by atoms with E-state index in [-0.39, 0.29) is 0 Å². The largest absolute Gasteiger partial charge is 0.369 e. The summed E-state index contributed by atoms with van der Waals surface area (Å²) in [5, 5.41) is 0. The van der Waals surface area contributed by atoms with Crippen molar-refractivity contribution in [3.8, 4) is 0 Å². The minimum absolute atomic E-state index is 0.360. The Hall–Kier alpha value is 0.840. The van der Waals surface area contributed by atoms with E-state index >= 15 is 0 Å². The van der Waals surface area contributed by atoms with Gasteiger partial charge >= 0.3 is 0 Å². The zero-order chi connectivity index (χ0) is 7.28. The standard InChI is InChI=1S/C4H6OS4/c6-3(7)1-5-2-4(8)9/h1-2H2,(H,6,7)(H,8,9). The van der Waals surface area contributed by atoms with E-state index in [1.54, 1.807) is 0 Å². The van der Waals surface area contributed by atoms with Crippen LogP contribution in [0.1, 0.15) is 0 Å². The van der Waals surface area contributed by atoms with Crippen LogP contribution in [0, 0.1) is 0 Å². The minimum Gasteiger partial charge on any atom is -0.369 e. The maximum absolute atomic E-state index is 4.92. The molecule has 0 saturated carbocycles. The summed E-state index contributed by atoms with van der Waals surface area (Å²) in [6.45, 7) is 0.721. The fraction of sp³-hybridized carbons (Fsp3) is 0.500. The fourth-order valence-corrected chi connectivity index (χ4v) is 0.575. The predicted molar refractivity (Wildman–Crippen MR) is 54.0 cm³/mol. The molecule has 52 valence electrons. The monoisotopic (exact) mass is 198 g/mol. The Morgan fingerprint density at radius 3 is 1.67 bits per heavy atom. The summed E-state index contributed by atoms with van der Waals surface area (Å²) in [7, 11) is 0. The first-order chi connectivity index (χ1) is 4.13. The maximum atomic E-state index is 4.92. The predicted octanol–water partition coefficient (Wildman–Crippen LogP) is 1.52. The molecule has 0 N–H and O–H groups in total. The van der Waals surface area contributed by atoms with Crippen molar-refractivity contribution < 1.29 is 4.74 Å². The molecule has 0 unspecified atom stereocenters. The van der Waals surface area contributed by atoms with Crippen LogP contribution in [-0.2, 0) is 4.74 Å². The van der Waals surface area contributed by atoms with E-state index in [1.807, 2.05) is 0 Å². The third-order valence-electron chi connectivity index (χ3n) is 0.451. The van der Waals surface area contributed by atoms with Crippen LogP contribution < -0.4 is 0 Å². The topological polar surface area (TPSA) is 9.23 Å².